The Balaban J connectivity index is 1.90. The number of nitrogens with two attached hydrogens (primary N) is 2. The molecule has 2 aromatic rings. The van der Waals surface area contributed by atoms with Crippen LogP contribution in [0.3, 0.4) is 0 Å². The molecule has 4 N–H and O–H groups in total. The van der Waals surface area contributed by atoms with E-state index in [-0.39, 0.29) is 0 Å². The summed E-state index contributed by atoms with van der Waals surface area (Å²) in [5.74, 6) is 0.721. The SMILES string of the molecule is Nc1cc(N)cc(OCCc2ccccc2)c1. The van der Waals surface area contributed by atoms with Gasteiger partial charge in [0, 0.05) is 29.9 Å². The Bertz CT molecular complexity index is 463. The summed E-state index contributed by atoms with van der Waals surface area (Å²) in [7, 11) is 0. The molecule has 0 aliphatic carbocycles. The third-order valence-electron chi connectivity index (χ3n) is 2.45. The highest BCUT2D eigenvalue weighted by Crippen LogP contribution is 2.20. The van der Waals surface area contributed by atoms with Gasteiger partial charge in [-0.25, -0.2) is 0 Å². The second kappa shape index (κ2) is 5.25. The minimum Gasteiger partial charge on any atom is -0.493 e. The maximum absolute atomic E-state index is 5.68. The molecule has 0 saturated heterocycles. The van der Waals surface area contributed by atoms with Gasteiger partial charge in [-0.2, -0.15) is 0 Å². The van der Waals surface area contributed by atoms with Crippen molar-refractivity contribution in [3.05, 3.63) is 54.1 Å². The summed E-state index contributed by atoms with van der Waals surface area (Å²) >= 11 is 0. The standard InChI is InChI=1S/C14H16N2O/c15-12-8-13(16)10-14(9-12)17-7-6-11-4-2-1-3-5-11/h1-5,8-10H,6-7,15-16H2. The molecule has 0 unspecified atom stereocenters. The fourth-order valence-corrected chi connectivity index (χ4v) is 1.66. The molecule has 2 rings (SSSR count). The minimum atomic E-state index is 0.618. The van der Waals surface area contributed by atoms with Gasteiger partial charge in [-0.1, -0.05) is 30.3 Å². The molecule has 0 fully saturated rings. The molecule has 2 aromatic carbocycles. The molecule has 0 spiro atoms. The lowest BCUT2D eigenvalue weighted by molar-refractivity contribution is 0.322. The highest BCUT2D eigenvalue weighted by atomic mass is 16.5. The zero-order chi connectivity index (χ0) is 12.1. The predicted molar refractivity (Wildman–Crippen MR) is 70.9 cm³/mol. The molecular formula is C14H16N2O. The molecule has 0 atom stereocenters. The first-order valence-electron chi connectivity index (χ1n) is 5.57. The first-order chi connectivity index (χ1) is 8.24. The number of rotatable bonds is 4. The van der Waals surface area contributed by atoms with Crippen molar-refractivity contribution in [2.24, 2.45) is 0 Å². The summed E-state index contributed by atoms with van der Waals surface area (Å²) < 4.78 is 5.61. The normalized spacial score (nSPS) is 10.1. The zero-order valence-corrected chi connectivity index (χ0v) is 9.60. The Morgan fingerprint density at radius 2 is 1.53 bits per heavy atom. The highest BCUT2D eigenvalue weighted by molar-refractivity contribution is 5.56. The van der Waals surface area contributed by atoms with Gasteiger partial charge in [0.2, 0.25) is 0 Å². The summed E-state index contributed by atoms with van der Waals surface area (Å²) in [6.45, 7) is 0.618. The maximum Gasteiger partial charge on any atom is 0.123 e. The van der Waals surface area contributed by atoms with Crippen LogP contribution in [0.5, 0.6) is 5.75 Å². The average Bonchev–Trinajstić information content (AvgIpc) is 2.29. The fraction of sp³-hybridized carbons (Fsp3) is 0.143. The predicted octanol–water partition coefficient (Wildman–Crippen LogP) is 2.47. The van der Waals surface area contributed by atoms with Crippen LogP contribution in [0.2, 0.25) is 0 Å². The molecule has 0 saturated carbocycles. The molecule has 3 heteroatoms. The Morgan fingerprint density at radius 1 is 0.882 bits per heavy atom. The lowest BCUT2D eigenvalue weighted by Gasteiger charge is -2.08. The van der Waals surface area contributed by atoms with E-state index in [1.54, 1.807) is 18.2 Å². The largest absolute Gasteiger partial charge is 0.493 e. The molecule has 0 aromatic heterocycles. The Kier molecular flexibility index (Phi) is 3.50. The maximum atomic E-state index is 5.68. The third-order valence-corrected chi connectivity index (χ3v) is 2.45. The molecule has 3 nitrogen and oxygen atoms in total. The van der Waals surface area contributed by atoms with Crippen molar-refractivity contribution in [2.75, 3.05) is 18.1 Å². The van der Waals surface area contributed by atoms with Crippen molar-refractivity contribution < 1.29 is 4.74 Å². The number of ether oxygens (including phenoxy) is 1. The van der Waals surface area contributed by atoms with E-state index in [1.165, 1.54) is 5.56 Å². The summed E-state index contributed by atoms with van der Waals surface area (Å²) in [4.78, 5) is 0. The Labute approximate surface area is 101 Å². The molecule has 0 heterocycles. The van der Waals surface area contributed by atoms with E-state index in [9.17, 15) is 0 Å². The van der Waals surface area contributed by atoms with Crippen LogP contribution in [0.15, 0.2) is 48.5 Å². The average molecular weight is 228 g/mol. The molecule has 0 aliphatic heterocycles. The highest BCUT2D eigenvalue weighted by Gasteiger charge is 1.98. The van der Waals surface area contributed by atoms with Crippen LogP contribution >= 0.6 is 0 Å². The molecular weight excluding hydrogens is 212 g/mol. The first kappa shape index (κ1) is 11.3. The second-order valence-electron chi connectivity index (χ2n) is 3.92. The molecule has 0 bridgehead atoms. The van der Waals surface area contributed by atoms with Crippen LogP contribution in [-0.2, 0) is 6.42 Å². The van der Waals surface area contributed by atoms with E-state index in [0.717, 1.165) is 12.2 Å². The van der Waals surface area contributed by atoms with Crippen molar-refractivity contribution in [3.8, 4) is 5.75 Å². The third kappa shape index (κ3) is 3.41. The van der Waals surface area contributed by atoms with Crippen LogP contribution in [0.1, 0.15) is 5.56 Å². The van der Waals surface area contributed by atoms with Gasteiger partial charge in [-0.15, -0.1) is 0 Å². The van der Waals surface area contributed by atoms with Gasteiger partial charge in [0.1, 0.15) is 5.75 Å². The number of hydrogen-bond acceptors (Lipinski definition) is 3. The first-order valence-corrected chi connectivity index (χ1v) is 5.57. The minimum absolute atomic E-state index is 0.618. The van der Waals surface area contributed by atoms with Crippen molar-refractivity contribution in [2.45, 2.75) is 6.42 Å². The monoisotopic (exact) mass is 228 g/mol. The van der Waals surface area contributed by atoms with Crippen molar-refractivity contribution in [1.29, 1.82) is 0 Å². The van der Waals surface area contributed by atoms with Crippen LogP contribution in [-0.4, -0.2) is 6.61 Å². The van der Waals surface area contributed by atoms with Crippen LogP contribution < -0.4 is 16.2 Å². The quantitative estimate of drug-likeness (QED) is 0.790. The number of benzene rings is 2. The number of nitrogen functional groups attached to an aromatic ring is 2. The van der Waals surface area contributed by atoms with Crippen molar-refractivity contribution in [1.82, 2.24) is 0 Å². The Morgan fingerprint density at radius 3 is 2.18 bits per heavy atom. The summed E-state index contributed by atoms with van der Waals surface area (Å²) in [6.07, 6.45) is 0.871. The van der Waals surface area contributed by atoms with E-state index < -0.39 is 0 Å². The number of anilines is 2. The topological polar surface area (TPSA) is 61.3 Å². The lowest BCUT2D eigenvalue weighted by atomic mass is 10.2. The van der Waals surface area contributed by atoms with Crippen molar-refractivity contribution >= 4 is 11.4 Å². The van der Waals surface area contributed by atoms with Crippen LogP contribution in [0.25, 0.3) is 0 Å². The van der Waals surface area contributed by atoms with Crippen LogP contribution in [0.4, 0.5) is 11.4 Å². The van der Waals surface area contributed by atoms with Gasteiger partial charge in [0.25, 0.3) is 0 Å². The summed E-state index contributed by atoms with van der Waals surface area (Å²) in [5.41, 5.74) is 13.9. The van der Waals surface area contributed by atoms with Gasteiger partial charge in [0.05, 0.1) is 6.61 Å². The molecule has 0 radical (unpaired) electrons. The van der Waals surface area contributed by atoms with Gasteiger partial charge >= 0.3 is 0 Å². The summed E-state index contributed by atoms with van der Waals surface area (Å²) in [6, 6.07) is 15.5. The molecule has 17 heavy (non-hydrogen) atoms. The van der Waals surface area contributed by atoms with E-state index in [1.807, 2.05) is 18.2 Å². The lowest BCUT2D eigenvalue weighted by Crippen LogP contribution is -2.02. The smallest absolute Gasteiger partial charge is 0.123 e. The Hall–Kier alpha value is -2.16. The molecule has 88 valence electrons. The van der Waals surface area contributed by atoms with E-state index in [0.29, 0.717) is 18.0 Å². The molecule has 0 amide bonds. The van der Waals surface area contributed by atoms with E-state index >= 15 is 0 Å². The number of hydrogen-bond donors (Lipinski definition) is 2. The van der Waals surface area contributed by atoms with Gasteiger partial charge in [0.15, 0.2) is 0 Å². The molecule has 0 aliphatic rings. The van der Waals surface area contributed by atoms with Gasteiger partial charge < -0.3 is 16.2 Å². The van der Waals surface area contributed by atoms with Gasteiger partial charge in [-0.05, 0) is 11.6 Å². The van der Waals surface area contributed by atoms with E-state index in [2.05, 4.69) is 12.1 Å². The fourth-order valence-electron chi connectivity index (χ4n) is 1.66. The zero-order valence-electron chi connectivity index (χ0n) is 9.60. The second-order valence-corrected chi connectivity index (χ2v) is 3.92. The summed E-state index contributed by atoms with van der Waals surface area (Å²) in [5, 5.41) is 0. The van der Waals surface area contributed by atoms with Crippen LogP contribution in [0, 0.1) is 0 Å². The van der Waals surface area contributed by atoms with Crippen molar-refractivity contribution in [3.63, 3.8) is 0 Å². The van der Waals surface area contributed by atoms with E-state index in [4.69, 9.17) is 16.2 Å². The van der Waals surface area contributed by atoms with Gasteiger partial charge in [-0.3, -0.25) is 0 Å².